The van der Waals surface area contributed by atoms with E-state index in [-0.39, 0.29) is 5.91 Å². The highest BCUT2D eigenvalue weighted by atomic mass is 16.3. The molecule has 1 saturated heterocycles. The minimum atomic E-state index is -0.239. The quantitative estimate of drug-likeness (QED) is 0.657. The Morgan fingerprint density at radius 3 is 2.48 bits per heavy atom. The Kier molecular flexibility index (Phi) is 6.02. The van der Waals surface area contributed by atoms with Crippen molar-refractivity contribution in [2.45, 2.75) is 19.6 Å². The number of aryl methyl sites for hydroxylation is 1. The molecule has 1 N–H and O–H groups in total. The summed E-state index contributed by atoms with van der Waals surface area (Å²) in [5.74, 6) is 0.338. The van der Waals surface area contributed by atoms with Crippen molar-refractivity contribution in [3.05, 3.63) is 71.7 Å². The number of aromatic nitrogens is 3. The number of carbonyl (C=O) groups excluding carboxylic acids is 1. The number of nitrogens with one attached hydrogen (secondary N) is 1. The van der Waals surface area contributed by atoms with Crippen LogP contribution in [0.4, 0.5) is 0 Å². The van der Waals surface area contributed by atoms with Gasteiger partial charge in [0.2, 0.25) is 5.89 Å². The number of rotatable bonds is 7. The van der Waals surface area contributed by atoms with Crippen molar-refractivity contribution >= 4 is 5.91 Å². The van der Waals surface area contributed by atoms with Crippen molar-refractivity contribution in [3.8, 4) is 0 Å². The minimum Gasteiger partial charge on any atom is -0.447 e. The molecule has 8 nitrogen and oxygen atoms in total. The Morgan fingerprint density at radius 2 is 1.79 bits per heavy atom. The van der Waals surface area contributed by atoms with Crippen molar-refractivity contribution in [3.63, 3.8) is 0 Å². The van der Waals surface area contributed by atoms with Gasteiger partial charge in [-0.2, -0.15) is 5.10 Å². The van der Waals surface area contributed by atoms with Crippen molar-refractivity contribution in [1.29, 1.82) is 0 Å². The minimum absolute atomic E-state index is 0.239. The lowest BCUT2D eigenvalue weighted by Gasteiger charge is -2.34. The van der Waals surface area contributed by atoms with Gasteiger partial charge < -0.3 is 9.73 Å². The van der Waals surface area contributed by atoms with E-state index < -0.39 is 0 Å². The van der Waals surface area contributed by atoms with E-state index in [2.05, 4.69) is 49.5 Å². The van der Waals surface area contributed by atoms with Crippen molar-refractivity contribution in [2.75, 3.05) is 26.2 Å². The van der Waals surface area contributed by atoms with E-state index >= 15 is 0 Å². The predicted octanol–water partition coefficient (Wildman–Crippen LogP) is 1.66. The average molecular weight is 394 g/mol. The normalized spacial score (nSPS) is 15.5. The zero-order valence-corrected chi connectivity index (χ0v) is 16.6. The molecule has 1 aliphatic rings. The molecule has 0 bridgehead atoms. The van der Waals surface area contributed by atoms with Crippen LogP contribution in [0.3, 0.4) is 0 Å². The first-order chi connectivity index (χ1) is 14.2. The van der Waals surface area contributed by atoms with Crippen LogP contribution in [-0.4, -0.2) is 56.7 Å². The Balaban J connectivity index is 1.22. The average Bonchev–Trinajstić information content (AvgIpc) is 3.37. The van der Waals surface area contributed by atoms with Gasteiger partial charge in [0.15, 0.2) is 5.69 Å². The van der Waals surface area contributed by atoms with Crippen LogP contribution in [0, 0.1) is 0 Å². The predicted molar refractivity (Wildman–Crippen MR) is 108 cm³/mol. The molecule has 0 radical (unpaired) electrons. The topological polar surface area (TPSA) is 79.4 Å². The highest BCUT2D eigenvalue weighted by molar-refractivity contribution is 5.91. The van der Waals surface area contributed by atoms with E-state index in [1.807, 2.05) is 19.3 Å². The monoisotopic (exact) mass is 394 g/mol. The summed E-state index contributed by atoms with van der Waals surface area (Å²) in [7, 11) is 1.84. The largest absolute Gasteiger partial charge is 0.447 e. The van der Waals surface area contributed by atoms with Gasteiger partial charge in [0.25, 0.3) is 5.91 Å². The molecule has 3 aromatic rings. The first-order valence-corrected chi connectivity index (χ1v) is 9.84. The lowest BCUT2D eigenvalue weighted by Crippen LogP contribution is -2.45. The standard InChI is InChI=1S/C21H26N6O2/c1-25-13-18(12-23-25)11-22-21(28)19-16-29-20(24-19)15-27-9-7-26(8-10-27)14-17-5-3-2-4-6-17/h2-6,12-13,16H,7-11,14-15H2,1H3,(H,22,28). The fourth-order valence-corrected chi connectivity index (χ4v) is 3.46. The molecule has 8 heteroatoms. The smallest absolute Gasteiger partial charge is 0.273 e. The fraction of sp³-hybridized carbons (Fsp3) is 0.381. The zero-order chi connectivity index (χ0) is 20.1. The molecule has 1 aromatic carbocycles. The van der Waals surface area contributed by atoms with Crippen LogP contribution in [0.25, 0.3) is 0 Å². The second-order valence-electron chi connectivity index (χ2n) is 7.37. The molecule has 4 rings (SSSR count). The Morgan fingerprint density at radius 1 is 1.07 bits per heavy atom. The molecule has 0 spiro atoms. The summed E-state index contributed by atoms with van der Waals surface area (Å²) >= 11 is 0. The van der Waals surface area contributed by atoms with Gasteiger partial charge in [-0.3, -0.25) is 19.3 Å². The number of piperazine rings is 1. The SMILES string of the molecule is Cn1cc(CNC(=O)c2coc(CN3CCN(Cc4ccccc4)CC3)n2)cn1. The van der Waals surface area contributed by atoms with Crippen molar-refractivity contribution in [2.24, 2.45) is 7.05 Å². The zero-order valence-electron chi connectivity index (χ0n) is 16.6. The van der Waals surface area contributed by atoms with Crippen LogP contribution in [0.1, 0.15) is 27.5 Å². The Hall–Kier alpha value is -2.97. The number of oxazole rings is 1. The number of carbonyl (C=O) groups is 1. The molecule has 1 aliphatic heterocycles. The summed E-state index contributed by atoms with van der Waals surface area (Å²) in [6.07, 6.45) is 5.03. The second-order valence-corrected chi connectivity index (χ2v) is 7.37. The van der Waals surface area contributed by atoms with Gasteiger partial charge in [-0.1, -0.05) is 30.3 Å². The molecule has 1 amide bonds. The molecule has 0 saturated carbocycles. The van der Waals surface area contributed by atoms with Crippen LogP contribution in [0.15, 0.2) is 53.4 Å². The van der Waals surface area contributed by atoms with Crippen LogP contribution in [0.2, 0.25) is 0 Å². The third-order valence-corrected chi connectivity index (χ3v) is 5.07. The third kappa shape index (κ3) is 5.30. The first-order valence-electron chi connectivity index (χ1n) is 9.84. The summed E-state index contributed by atoms with van der Waals surface area (Å²) in [5, 5.41) is 6.93. The summed E-state index contributed by atoms with van der Waals surface area (Å²) in [6, 6.07) is 10.5. The maximum Gasteiger partial charge on any atom is 0.273 e. The summed E-state index contributed by atoms with van der Waals surface area (Å²) in [5.41, 5.74) is 2.60. The number of hydrogen-bond acceptors (Lipinski definition) is 6. The van der Waals surface area contributed by atoms with Crippen molar-refractivity contribution < 1.29 is 9.21 Å². The van der Waals surface area contributed by atoms with E-state index in [9.17, 15) is 4.79 Å². The van der Waals surface area contributed by atoms with E-state index in [0.29, 0.717) is 24.7 Å². The van der Waals surface area contributed by atoms with E-state index in [4.69, 9.17) is 4.42 Å². The summed E-state index contributed by atoms with van der Waals surface area (Å²) < 4.78 is 7.23. The number of amides is 1. The summed E-state index contributed by atoms with van der Waals surface area (Å²) in [4.78, 5) is 21.4. The van der Waals surface area contributed by atoms with Gasteiger partial charge in [0.05, 0.1) is 12.7 Å². The van der Waals surface area contributed by atoms with Crippen LogP contribution in [-0.2, 0) is 26.7 Å². The molecule has 2 aromatic heterocycles. The van der Waals surface area contributed by atoms with Gasteiger partial charge in [0.1, 0.15) is 6.26 Å². The van der Waals surface area contributed by atoms with E-state index in [1.165, 1.54) is 11.8 Å². The van der Waals surface area contributed by atoms with Gasteiger partial charge in [0, 0.05) is 58.1 Å². The highest BCUT2D eigenvalue weighted by Gasteiger charge is 2.20. The lowest BCUT2D eigenvalue weighted by molar-refractivity contribution is 0.0945. The number of nitrogens with zero attached hydrogens (tertiary/aromatic N) is 5. The molecule has 1 fully saturated rings. The first kappa shape index (κ1) is 19.4. The Labute approximate surface area is 170 Å². The molecular weight excluding hydrogens is 368 g/mol. The van der Waals surface area contributed by atoms with Gasteiger partial charge in [-0.15, -0.1) is 0 Å². The third-order valence-electron chi connectivity index (χ3n) is 5.07. The van der Waals surface area contributed by atoms with Gasteiger partial charge in [-0.25, -0.2) is 4.98 Å². The number of benzene rings is 1. The maximum atomic E-state index is 12.3. The summed E-state index contributed by atoms with van der Waals surface area (Å²) in [6.45, 7) is 5.94. The molecule has 29 heavy (non-hydrogen) atoms. The maximum absolute atomic E-state index is 12.3. The molecule has 152 valence electrons. The lowest BCUT2D eigenvalue weighted by atomic mass is 10.2. The molecule has 0 atom stereocenters. The van der Waals surface area contributed by atoms with Gasteiger partial charge in [-0.05, 0) is 5.56 Å². The van der Waals surface area contributed by atoms with Crippen LogP contribution >= 0.6 is 0 Å². The van der Waals surface area contributed by atoms with Crippen molar-refractivity contribution in [1.82, 2.24) is 29.9 Å². The van der Waals surface area contributed by atoms with Gasteiger partial charge >= 0.3 is 0 Å². The number of hydrogen-bond donors (Lipinski definition) is 1. The highest BCUT2D eigenvalue weighted by Crippen LogP contribution is 2.12. The molecule has 0 unspecified atom stereocenters. The molecule has 0 aliphatic carbocycles. The van der Waals surface area contributed by atoms with Crippen LogP contribution in [0.5, 0.6) is 0 Å². The molecule has 3 heterocycles. The van der Waals surface area contributed by atoms with E-state index in [0.717, 1.165) is 38.3 Å². The Bertz CT molecular complexity index is 928. The second kappa shape index (κ2) is 9.02. The molecular formula is C21H26N6O2. The fourth-order valence-electron chi connectivity index (χ4n) is 3.46. The van der Waals surface area contributed by atoms with Crippen LogP contribution < -0.4 is 5.32 Å². The van der Waals surface area contributed by atoms with E-state index in [1.54, 1.807) is 10.9 Å².